The van der Waals surface area contributed by atoms with Gasteiger partial charge in [-0.2, -0.15) is 18.3 Å². The number of alkyl halides is 3. The van der Waals surface area contributed by atoms with Crippen LogP contribution in [0.15, 0.2) is 78.9 Å². The number of benzene rings is 4. The molecule has 0 amide bonds. The summed E-state index contributed by atoms with van der Waals surface area (Å²) >= 11 is 5.88. The number of hydrogen-bond donors (Lipinski definition) is 0. The van der Waals surface area contributed by atoms with Crippen LogP contribution in [0.5, 0.6) is 5.75 Å². The van der Waals surface area contributed by atoms with E-state index in [-0.39, 0.29) is 22.6 Å². The van der Waals surface area contributed by atoms with Crippen LogP contribution in [-0.4, -0.2) is 9.78 Å². The maximum Gasteiger partial charge on any atom is 0.418 e. The van der Waals surface area contributed by atoms with Crippen molar-refractivity contribution in [3.05, 3.63) is 118 Å². The van der Waals surface area contributed by atoms with Crippen LogP contribution in [-0.2, 0) is 19.3 Å². The van der Waals surface area contributed by atoms with E-state index in [1.807, 2.05) is 26.0 Å². The van der Waals surface area contributed by atoms with E-state index in [9.17, 15) is 17.6 Å². The van der Waals surface area contributed by atoms with Crippen molar-refractivity contribution in [2.45, 2.75) is 33.2 Å². The summed E-state index contributed by atoms with van der Waals surface area (Å²) < 4.78 is 63.3. The van der Waals surface area contributed by atoms with Crippen LogP contribution in [0.3, 0.4) is 0 Å². The van der Waals surface area contributed by atoms with Crippen LogP contribution in [0.4, 0.5) is 17.6 Å². The average molecular weight is 539 g/mol. The summed E-state index contributed by atoms with van der Waals surface area (Å²) in [6.07, 6.45) is -4.59. The molecule has 0 bridgehead atoms. The van der Waals surface area contributed by atoms with Crippen LogP contribution in [0.2, 0.25) is 5.02 Å². The van der Waals surface area contributed by atoms with Crippen LogP contribution in [0, 0.1) is 19.7 Å². The molecule has 3 nitrogen and oxygen atoms in total. The van der Waals surface area contributed by atoms with Gasteiger partial charge in [-0.05, 0) is 67.4 Å². The Labute approximate surface area is 222 Å². The molecule has 38 heavy (non-hydrogen) atoms. The molecule has 1 heterocycles. The predicted molar refractivity (Wildman–Crippen MR) is 141 cm³/mol. The highest BCUT2D eigenvalue weighted by molar-refractivity contribution is 6.30. The Morgan fingerprint density at radius 3 is 2.37 bits per heavy atom. The molecular weight excluding hydrogens is 516 g/mol. The lowest BCUT2D eigenvalue weighted by atomic mass is 10.0. The molecule has 5 rings (SSSR count). The predicted octanol–water partition coefficient (Wildman–Crippen LogP) is 8.76. The molecule has 194 valence electrons. The average Bonchev–Trinajstić information content (AvgIpc) is 3.24. The third-order valence-electron chi connectivity index (χ3n) is 6.44. The lowest BCUT2D eigenvalue weighted by Crippen LogP contribution is -2.07. The van der Waals surface area contributed by atoms with E-state index in [0.717, 1.165) is 22.8 Å². The number of fused-ring (bicyclic) bond motifs is 1. The highest BCUT2D eigenvalue weighted by Gasteiger charge is 2.34. The first kappa shape index (κ1) is 25.8. The molecule has 0 aliphatic carbocycles. The molecule has 0 unspecified atom stereocenters. The Hall–Kier alpha value is -3.84. The standard InChI is InChI=1S/C30H23ClF4N2O/c1-18-6-7-19(2)22(14-18)17-38-24-12-9-20(10-13-24)29-25-4-3-5-26(30(33,34)35)28(25)36-37(29)16-21-8-11-23(31)15-27(21)32/h3-15H,16-17H2,1-2H3. The van der Waals surface area contributed by atoms with E-state index >= 15 is 0 Å². The van der Waals surface area contributed by atoms with Gasteiger partial charge in [0.05, 0.1) is 17.8 Å². The molecule has 0 spiro atoms. The minimum Gasteiger partial charge on any atom is -0.489 e. The van der Waals surface area contributed by atoms with Gasteiger partial charge in [0.1, 0.15) is 23.7 Å². The number of ether oxygens (including phenoxy) is 1. The Morgan fingerprint density at radius 1 is 0.895 bits per heavy atom. The van der Waals surface area contributed by atoms with E-state index < -0.39 is 17.6 Å². The van der Waals surface area contributed by atoms with Gasteiger partial charge >= 0.3 is 6.18 Å². The molecule has 5 aromatic rings. The third-order valence-corrected chi connectivity index (χ3v) is 6.67. The first-order valence-electron chi connectivity index (χ1n) is 11.9. The number of aromatic nitrogens is 2. The second-order valence-electron chi connectivity index (χ2n) is 9.18. The summed E-state index contributed by atoms with van der Waals surface area (Å²) in [7, 11) is 0. The van der Waals surface area contributed by atoms with Crippen molar-refractivity contribution in [3.8, 4) is 17.0 Å². The lowest BCUT2D eigenvalue weighted by Gasteiger charge is -2.12. The van der Waals surface area contributed by atoms with Crippen molar-refractivity contribution in [3.63, 3.8) is 0 Å². The topological polar surface area (TPSA) is 27.1 Å². The highest BCUT2D eigenvalue weighted by atomic mass is 35.5. The third kappa shape index (κ3) is 5.24. The molecule has 0 saturated heterocycles. The van der Waals surface area contributed by atoms with E-state index in [4.69, 9.17) is 16.3 Å². The summed E-state index contributed by atoms with van der Waals surface area (Å²) in [5, 5.41) is 4.84. The normalized spacial score (nSPS) is 11.8. The fourth-order valence-corrected chi connectivity index (χ4v) is 4.60. The SMILES string of the molecule is Cc1ccc(C)c(COc2ccc(-c3c4cccc(C(F)(F)F)c4nn3Cc3ccc(Cl)cc3F)cc2)c1. The summed E-state index contributed by atoms with van der Waals surface area (Å²) in [4.78, 5) is 0. The fourth-order valence-electron chi connectivity index (χ4n) is 4.44. The largest absolute Gasteiger partial charge is 0.489 e. The lowest BCUT2D eigenvalue weighted by molar-refractivity contribution is -0.136. The van der Waals surface area contributed by atoms with Gasteiger partial charge in [-0.25, -0.2) is 4.39 Å². The van der Waals surface area contributed by atoms with Crippen LogP contribution >= 0.6 is 11.6 Å². The zero-order valence-electron chi connectivity index (χ0n) is 20.6. The molecule has 0 aliphatic heterocycles. The van der Waals surface area contributed by atoms with Gasteiger partial charge in [0.15, 0.2) is 0 Å². The quantitative estimate of drug-likeness (QED) is 0.202. The van der Waals surface area contributed by atoms with Gasteiger partial charge in [0.2, 0.25) is 0 Å². The second-order valence-corrected chi connectivity index (χ2v) is 9.62. The van der Waals surface area contributed by atoms with Crippen LogP contribution in [0.1, 0.15) is 27.8 Å². The van der Waals surface area contributed by atoms with Crippen molar-refractivity contribution in [2.75, 3.05) is 0 Å². The van der Waals surface area contributed by atoms with Gasteiger partial charge in [0.25, 0.3) is 0 Å². The van der Waals surface area contributed by atoms with Crippen LogP contribution < -0.4 is 4.74 Å². The Balaban J connectivity index is 1.54. The minimum atomic E-state index is -4.59. The van der Waals surface area contributed by atoms with Crippen LogP contribution in [0.25, 0.3) is 22.2 Å². The van der Waals surface area contributed by atoms with Gasteiger partial charge in [-0.1, -0.05) is 53.6 Å². The smallest absolute Gasteiger partial charge is 0.418 e. The zero-order valence-corrected chi connectivity index (χ0v) is 21.4. The van der Waals surface area contributed by atoms with Crippen molar-refractivity contribution in [2.24, 2.45) is 0 Å². The van der Waals surface area contributed by atoms with E-state index in [0.29, 0.717) is 29.0 Å². The summed E-state index contributed by atoms with van der Waals surface area (Å²) in [5.41, 5.74) is 3.62. The van der Waals surface area contributed by atoms with E-state index in [1.54, 1.807) is 30.3 Å². The second kappa shape index (κ2) is 10.1. The first-order chi connectivity index (χ1) is 18.1. The summed E-state index contributed by atoms with van der Waals surface area (Å²) in [6, 6.07) is 21.4. The number of rotatable bonds is 6. The molecular formula is C30H23ClF4N2O. The van der Waals surface area contributed by atoms with Crippen molar-refractivity contribution in [1.29, 1.82) is 0 Å². The Morgan fingerprint density at radius 2 is 1.66 bits per heavy atom. The number of nitrogens with zero attached hydrogens (tertiary/aromatic N) is 2. The number of halogens is 5. The van der Waals surface area contributed by atoms with Gasteiger partial charge < -0.3 is 4.74 Å². The Bertz CT molecular complexity index is 1620. The molecule has 1 aromatic heterocycles. The maximum atomic E-state index is 14.6. The molecule has 0 N–H and O–H groups in total. The van der Waals surface area contributed by atoms with Crippen molar-refractivity contribution >= 4 is 22.5 Å². The number of hydrogen-bond acceptors (Lipinski definition) is 2. The van der Waals surface area contributed by atoms with Gasteiger partial charge in [-0.3, -0.25) is 4.68 Å². The Kier molecular flexibility index (Phi) is 6.88. The van der Waals surface area contributed by atoms with E-state index in [2.05, 4.69) is 11.2 Å². The molecule has 0 saturated carbocycles. The van der Waals surface area contributed by atoms with Gasteiger partial charge in [0, 0.05) is 21.5 Å². The molecule has 0 fully saturated rings. The summed E-state index contributed by atoms with van der Waals surface area (Å²) in [6.45, 7) is 4.35. The minimum absolute atomic E-state index is 0.0742. The first-order valence-corrected chi connectivity index (χ1v) is 12.3. The van der Waals surface area contributed by atoms with Crippen molar-refractivity contribution in [1.82, 2.24) is 9.78 Å². The number of aryl methyl sites for hydroxylation is 2. The van der Waals surface area contributed by atoms with Gasteiger partial charge in [-0.15, -0.1) is 0 Å². The molecule has 0 radical (unpaired) electrons. The molecule has 8 heteroatoms. The van der Waals surface area contributed by atoms with Crippen molar-refractivity contribution < 1.29 is 22.3 Å². The zero-order chi connectivity index (χ0) is 27.0. The summed E-state index contributed by atoms with van der Waals surface area (Å²) in [5.74, 6) is 0.0546. The molecule has 4 aromatic carbocycles. The molecule has 0 aliphatic rings. The highest BCUT2D eigenvalue weighted by Crippen LogP contribution is 2.38. The van der Waals surface area contributed by atoms with E-state index in [1.165, 1.54) is 28.9 Å². The maximum absolute atomic E-state index is 14.6. The fraction of sp³-hybridized carbons (Fsp3) is 0.167. The monoisotopic (exact) mass is 538 g/mol. The molecule has 0 atom stereocenters.